The molecule has 0 aliphatic carbocycles. The highest BCUT2D eigenvalue weighted by Crippen LogP contribution is 2.24. The molecule has 0 aliphatic rings. The summed E-state index contributed by atoms with van der Waals surface area (Å²) in [4.78, 5) is 0.162. The molecule has 18 heavy (non-hydrogen) atoms. The van der Waals surface area contributed by atoms with Gasteiger partial charge in [0.05, 0.1) is 7.11 Å². The van der Waals surface area contributed by atoms with Gasteiger partial charge in [-0.25, -0.2) is 13.1 Å². The topological polar surface area (TPSA) is 81.4 Å². The van der Waals surface area contributed by atoms with E-state index in [4.69, 9.17) is 10.5 Å². The minimum atomic E-state index is -3.55. The van der Waals surface area contributed by atoms with Crippen LogP contribution in [0.1, 0.15) is 18.9 Å². The van der Waals surface area contributed by atoms with E-state index in [0.717, 1.165) is 5.56 Å². The van der Waals surface area contributed by atoms with E-state index in [-0.39, 0.29) is 10.9 Å². The minimum Gasteiger partial charge on any atom is -0.495 e. The van der Waals surface area contributed by atoms with Crippen LogP contribution in [0.3, 0.4) is 0 Å². The van der Waals surface area contributed by atoms with E-state index in [2.05, 4.69) is 4.72 Å². The lowest BCUT2D eigenvalue weighted by Gasteiger charge is -2.12. The van der Waals surface area contributed by atoms with Crippen molar-refractivity contribution >= 4 is 10.0 Å². The van der Waals surface area contributed by atoms with Crippen molar-refractivity contribution in [3.8, 4) is 5.75 Å². The van der Waals surface area contributed by atoms with E-state index in [9.17, 15) is 8.42 Å². The van der Waals surface area contributed by atoms with Crippen LogP contribution in [-0.2, 0) is 10.0 Å². The summed E-state index contributed by atoms with van der Waals surface area (Å²) in [6.45, 7) is 3.99. The van der Waals surface area contributed by atoms with Gasteiger partial charge in [-0.15, -0.1) is 0 Å². The first-order valence-corrected chi connectivity index (χ1v) is 7.25. The molecule has 0 amide bonds. The van der Waals surface area contributed by atoms with Gasteiger partial charge in [0.2, 0.25) is 10.0 Å². The maximum absolute atomic E-state index is 12.1. The van der Waals surface area contributed by atoms with Crippen LogP contribution in [0.2, 0.25) is 0 Å². The Kier molecular flexibility index (Phi) is 5.13. The predicted molar refractivity (Wildman–Crippen MR) is 71.2 cm³/mol. The predicted octanol–water partition coefficient (Wildman–Crippen LogP) is 1.02. The Hall–Kier alpha value is -1.11. The fourth-order valence-corrected chi connectivity index (χ4v) is 2.79. The molecule has 3 N–H and O–H groups in total. The molecule has 1 aromatic carbocycles. The molecule has 0 saturated heterocycles. The average Bonchev–Trinajstić information content (AvgIpc) is 2.28. The molecule has 102 valence electrons. The number of aryl methyl sites for hydroxylation is 1. The lowest BCUT2D eigenvalue weighted by atomic mass is 10.2. The maximum atomic E-state index is 12.1. The fourth-order valence-electron chi connectivity index (χ4n) is 1.49. The average molecular weight is 272 g/mol. The lowest BCUT2D eigenvalue weighted by molar-refractivity contribution is 0.402. The lowest BCUT2D eigenvalue weighted by Crippen LogP contribution is -2.29. The first-order chi connectivity index (χ1) is 8.36. The Morgan fingerprint density at radius 3 is 2.67 bits per heavy atom. The third-order valence-corrected chi connectivity index (χ3v) is 3.98. The molecule has 0 radical (unpaired) electrons. The summed E-state index contributed by atoms with van der Waals surface area (Å²) in [5.41, 5.74) is 6.45. The Labute approximate surface area is 108 Å². The number of methoxy groups -OCH3 is 1. The summed E-state index contributed by atoms with van der Waals surface area (Å²) >= 11 is 0. The van der Waals surface area contributed by atoms with Gasteiger partial charge in [-0.2, -0.15) is 0 Å². The summed E-state index contributed by atoms with van der Waals surface area (Å²) in [7, 11) is -2.10. The van der Waals surface area contributed by atoms with Crippen LogP contribution in [0.25, 0.3) is 0 Å². The van der Waals surface area contributed by atoms with E-state index in [1.54, 1.807) is 18.2 Å². The molecule has 0 heterocycles. The van der Waals surface area contributed by atoms with E-state index < -0.39 is 10.0 Å². The normalized spacial score (nSPS) is 13.3. The summed E-state index contributed by atoms with van der Waals surface area (Å²) in [6, 6.07) is 5.01. The number of hydrogen-bond acceptors (Lipinski definition) is 4. The van der Waals surface area contributed by atoms with Crippen LogP contribution in [0.15, 0.2) is 23.1 Å². The highest BCUT2D eigenvalue weighted by atomic mass is 32.2. The SMILES string of the molecule is COc1ccc(C)cc1S(=O)(=O)NCCC(C)N. The molecule has 0 fully saturated rings. The maximum Gasteiger partial charge on any atom is 0.244 e. The van der Waals surface area contributed by atoms with Crippen LogP contribution in [0, 0.1) is 6.92 Å². The van der Waals surface area contributed by atoms with Crippen molar-refractivity contribution < 1.29 is 13.2 Å². The molecule has 1 atom stereocenters. The number of hydrogen-bond donors (Lipinski definition) is 2. The van der Waals surface area contributed by atoms with Crippen LogP contribution in [0.4, 0.5) is 0 Å². The van der Waals surface area contributed by atoms with Gasteiger partial charge in [-0.1, -0.05) is 6.07 Å². The van der Waals surface area contributed by atoms with E-state index in [1.807, 2.05) is 13.8 Å². The molecule has 0 aromatic heterocycles. The molecular weight excluding hydrogens is 252 g/mol. The van der Waals surface area contributed by atoms with Crippen molar-refractivity contribution in [3.05, 3.63) is 23.8 Å². The van der Waals surface area contributed by atoms with Gasteiger partial charge in [0, 0.05) is 12.6 Å². The summed E-state index contributed by atoms with van der Waals surface area (Å²) in [5.74, 6) is 0.342. The van der Waals surface area contributed by atoms with Crippen molar-refractivity contribution in [1.82, 2.24) is 4.72 Å². The summed E-state index contributed by atoms with van der Waals surface area (Å²) in [5, 5.41) is 0. The quantitative estimate of drug-likeness (QED) is 0.810. The van der Waals surface area contributed by atoms with Gasteiger partial charge in [0.25, 0.3) is 0 Å². The molecular formula is C12H20N2O3S. The van der Waals surface area contributed by atoms with Gasteiger partial charge in [-0.3, -0.25) is 0 Å². The molecule has 1 unspecified atom stereocenters. The smallest absolute Gasteiger partial charge is 0.244 e. The second kappa shape index (κ2) is 6.17. The number of nitrogens with two attached hydrogens (primary N) is 1. The first kappa shape index (κ1) is 14.9. The third-order valence-electron chi connectivity index (χ3n) is 2.50. The first-order valence-electron chi connectivity index (χ1n) is 5.76. The standard InChI is InChI=1S/C12H20N2O3S/c1-9-4-5-11(17-3)12(8-9)18(15,16)14-7-6-10(2)13/h4-5,8,10,14H,6-7,13H2,1-3H3. The van der Waals surface area contributed by atoms with Crippen LogP contribution >= 0.6 is 0 Å². The zero-order valence-corrected chi connectivity index (χ0v) is 11.8. The van der Waals surface area contributed by atoms with Gasteiger partial charge >= 0.3 is 0 Å². The van der Waals surface area contributed by atoms with E-state index in [0.29, 0.717) is 18.7 Å². The molecule has 0 saturated carbocycles. The van der Waals surface area contributed by atoms with Crippen molar-refractivity contribution in [2.24, 2.45) is 5.73 Å². The van der Waals surface area contributed by atoms with Crippen molar-refractivity contribution in [1.29, 1.82) is 0 Å². The zero-order valence-electron chi connectivity index (χ0n) is 10.9. The second-order valence-corrected chi connectivity index (χ2v) is 6.05. The van der Waals surface area contributed by atoms with Crippen LogP contribution < -0.4 is 15.2 Å². The molecule has 0 spiro atoms. The van der Waals surface area contributed by atoms with Gasteiger partial charge in [0.15, 0.2) is 0 Å². The Balaban J connectivity index is 2.93. The number of ether oxygens (including phenoxy) is 1. The fraction of sp³-hybridized carbons (Fsp3) is 0.500. The van der Waals surface area contributed by atoms with Crippen LogP contribution in [0.5, 0.6) is 5.75 Å². The number of nitrogens with one attached hydrogen (secondary N) is 1. The van der Waals surface area contributed by atoms with Crippen molar-refractivity contribution in [2.45, 2.75) is 31.2 Å². The summed E-state index contributed by atoms with van der Waals surface area (Å²) in [6.07, 6.45) is 0.591. The molecule has 5 nitrogen and oxygen atoms in total. The summed E-state index contributed by atoms with van der Waals surface area (Å²) < 4.78 is 31.8. The number of rotatable bonds is 6. The Morgan fingerprint density at radius 2 is 2.11 bits per heavy atom. The molecule has 1 aromatic rings. The Morgan fingerprint density at radius 1 is 1.44 bits per heavy atom. The van der Waals surface area contributed by atoms with Gasteiger partial charge < -0.3 is 10.5 Å². The van der Waals surface area contributed by atoms with Crippen molar-refractivity contribution in [2.75, 3.05) is 13.7 Å². The second-order valence-electron chi connectivity index (χ2n) is 4.32. The van der Waals surface area contributed by atoms with Gasteiger partial charge in [0.1, 0.15) is 10.6 Å². The van der Waals surface area contributed by atoms with Gasteiger partial charge in [-0.05, 0) is 38.0 Å². The van der Waals surface area contributed by atoms with Crippen molar-refractivity contribution in [3.63, 3.8) is 0 Å². The third kappa shape index (κ3) is 3.97. The molecule has 0 bridgehead atoms. The van der Waals surface area contributed by atoms with E-state index >= 15 is 0 Å². The minimum absolute atomic E-state index is 0.0351. The Bertz CT molecular complexity index is 498. The van der Waals surface area contributed by atoms with E-state index in [1.165, 1.54) is 7.11 Å². The molecule has 6 heteroatoms. The largest absolute Gasteiger partial charge is 0.495 e. The molecule has 1 rings (SSSR count). The highest BCUT2D eigenvalue weighted by molar-refractivity contribution is 7.89. The van der Waals surface area contributed by atoms with Crippen LogP contribution in [-0.4, -0.2) is 28.1 Å². The molecule has 0 aliphatic heterocycles. The monoisotopic (exact) mass is 272 g/mol. The number of sulfonamides is 1. The highest BCUT2D eigenvalue weighted by Gasteiger charge is 2.19. The zero-order chi connectivity index (χ0) is 13.8. The number of benzene rings is 1.